The molecule has 6 nitrogen and oxygen atoms in total. The Morgan fingerprint density at radius 3 is 2.87 bits per heavy atom. The van der Waals surface area contributed by atoms with Crippen LogP contribution in [-0.4, -0.2) is 43.5 Å². The van der Waals surface area contributed by atoms with Crippen molar-refractivity contribution in [3.8, 4) is 6.07 Å². The van der Waals surface area contributed by atoms with E-state index in [1.54, 1.807) is 6.07 Å². The molecule has 1 heterocycles. The lowest BCUT2D eigenvalue weighted by molar-refractivity contribution is -0.119. The van der Waals surface area contributed by atoms with Gasteiger partial charge in [0.1, 0.15) is 0 Å². The fourth-order valence-electron chi connectivity index (χ4n) is 1.56. The highest BCUT2D eigenvalue weighted by atomic mass is 32.2. The lowest BCUT2D eigenvalue weighted by Gasteiger charge is -2.14. The smallest absolute Gasteiger partial charge is 0.227 e. The molecule has 0 aromatic carbocycles. The van der Waals surface area contributed by atoms with Crippen molar-refractivity contribution >= 4 is 15.9 Å². The lowest BCUT2D eigenvalue weighted by Crippen LogP contribution is -2.37. The molecule has 1 fully saturated rings. The van der Waals surface area contributed by atoms with Gasteiger partial charge in [-0.25, -0.2) is 8.42 Å². The molecule has 1 unspecified atom stereocenters. The van der Waals surface area contributed by atoms with Gasteiger partial charge in [0.05, 0.1) is 6.07 Å². The third kappa shape index (κ3) is 3.18. The van der Waals surface area contributed by atoms with Gasteiger partial charge in [-0.3, -0.25) is 4.79 Å². The molecular formula is C8H13N3O3S. The third-order valence-corrected chi connectivity index (χ3v) is 3.81. The van der Waals surface area contributed by atoms with Crippen LogP contribution in [0.5, 0.6) is 0 Å². The van der Waals surface area contributed by atoms with E-state index >= 15 is 0 Å². The minimum absolute atomic E-state index is 0.129. The zero-order chi connectivity index (χ0) is 11.5. The van der Waals surface area contributed by atoms with Gasteiger partial charge in [0.15, 0.2) is 5.75 Å². The average Bonchev–Trinajstić information content (AvgIpc) is 2.51. The van der Waals surface area contributed by atoms with E-state index in [9.17, 15) is 13.2 Å². The van der Waals surface area contributed by atoms with Crippen LogP contribution in [0.25, 0.3) is 0 Å². The molecule has 0 saturated carbocycles. The topological polar surface area (TPSA) is 90.3 Å². The molecule has 7 heteroatoms. The third-order valence-electron chi connectivity index (χ3n) is 2.20. The number of amides is 1. The predicted octanol–water partition coefficient (Wildman–Crippen LogP) is -0.950. The summed E-state index contributed by atoms with van der Waals surface area (Å²) < 4.78 is 24.2. The van der Waals surface area contributed by atoms with Gasteiger partial charge < -0.3 is 5.32 Å². The fourth-order valence-corrected chi connectivity index (χ4v) is 2.70. The van der Waals surface area contributed by atoms with E-state index in [0.717, 1.165) is 0 Å². The summed E-state index contributed by atoms with van der Waals surface area (Å²) in [6.45, 7) is 2.03. The monoisotopic (exact) mass is 231 g/mol. The van der Waals surface area contributed by atoms with Crippen LogP contribution in [0.15, 0.2) is 0 Å². The van der Waals surface area contributed by atoms with E-state index in [-0.39, 0.29) is 18.5 Å². The first-order valence-electron chi connectivity index (χ1n) is 4.57. The van der Waals surface area contributed by atoms with Gasteiger partial charge in [0.2, 0.25) is 15.9 Å². The number of nitrogens with one attached hydrogen (secondary N) is 1. The summed E-state index contributed by atoms with van der Waals surface area (Å²) >= 11 is 0. The zero-order valence-electron chi connectivity index (χ0n) is 8.43. The van der Waals surface area contributed by atoms with Crippen molar-refractivity contribution in [2.45, 2.75) is 19.4 Å². The second-order valence-electron chi connectivity index (χ2n) is 3.46. The normalized spacial score (nSPS) is 22.3. The highest BCUT2D eigenvalue weighted by Crippen LogP contribution is 2.13. The van der Waals surface area contributed by atoms with Crippen molar-refractivity contribution in [3.63, 3.8) is 0 Å². The Morgan fingerprint density at radius 1 is 1.67 bits per heavy atom. The number of nitrogens with zero attached hydrogens (tertiary/aromatic N) is 2. The molecule has 0 aromatic rings. The van der Waals surface area contributed by atoms with Crippen molar-refractivity contribution in [1.82, 2.24) is 9.62 Å². The molecule has 15 heavy (non-hydrogen) atoms. The zero-order valence-corrected chi connectivity index (χ0v) is 9.25. The first-order chi connectivity index (χ1) is 6.95. The predicted molar refractivity (Wildman–Crippen MR) is 53.2 cm³/mol. The van der Waals surface area contributed by atoms with E-state index in [1.807, 2.05) is 0 Å². The lowest BCUT2D eigenvalue weighted by atomic mass is 10.3. The maximum Gasteiger partial charge on any atom is 0.227 e. The highest BCUT2D eigenvalue weighted by molar-refractivity contribution is 7.89. The number of hydrogen-bond acceptors (Lipinski definition) is 4. The van der Waals surface area contributed by atoms with Crippen LogP contribution < -0.4 is 5.32 Å². The second-order valence-corrected chi connectivity index (χ2v) is 5.43. The van der Waals surface area contributed by atoms with E-state index in [0.29, 0.717) is 13.0 Å². The molecule has 0 aromatic heterocycles. The Kier molecular flexibility index (Phi) is 3.66. The van der Waals surface area contributed by atoms with Crippen LogP contribution in [0.4, 0.5) is 0 Å². The number of hydrogen-bond donors (Lipinski definition) is 1. The molecule has 0 aliphatic carbocycles. The quantitative estimate of drug-likeness (QED) is 0.678. The molecule has 0 spiro atoms. The van der Waals surface area contributed by atoms with Crippen molar-refractivity contribution in [1.29, 1.82) is 5.26 Å². The van der Waals surface area contributed by atoms with E-state index in [2.05, 4.69) is 5.32 Å². The maximum atomic E-state index is 11.5. The Morgan fingerprint density at radius 2 is 2.33 bits per heavy atom. The molecule has 1 aliphatic heterocycles. The second kappa shape index (κ2) is 4.59. The standard InChI is InChI=1S/C8H13N3O3S/c1-7(12)10-8-2-4-11(6-8)15(13,14)5-3-9/h8H,2,4-6H2,1H3,(H,10,12). The summed E-state index contributed by atoms with van der Waals surface area (Å²) in [5, 5.41) is 11.0. The van der Waals surface area contributed by atoms with Crippen molar-refractivity contribution in [2.24, 2.45) is 0 Å². The number of sulfonamides is 1. The van der Waals surface area contributed by atoms with Crippen molar-refractivity contribution < 1.29 is 13.2 Å². The van der Waals surface area contributed by atoms with Crippen LogP contribution in [0.2, 0.25) is 0 Å². The summed E-state index contributed by atoms with van der Waals surface area (Å²) in [6.07, 6.45) is 0.601. The molecule has 0 bridgehead atoms. The summed E-state index contributed by atoms with van der Waals surface area (Å²) in [6, 6.07) is 1.49. The van der Waals surface area contributed by atoms with E-state index in [4.69, 9.17) is 5.26 Å². The van der Waals surface area contributed by atoms with E-state index in [1.165, 1.54) is 11.2 Å². The number of rotatable bonds is 3. The van der Waals surface area contributed by atoms with Gasteiger partial charge in [-0.1, -0.05) is 0 Å². The van der Waals surface area contributed by atoms with Crippen LogP contribution in [0.1, 0.15) is 13.3 Å². The summed E-state index contributed by atoms with van der Waals surface area (Å²) in [7, 11) is -3.46. The van der Waals surface area contributed by atoms with Crippen LogP contribution in [-0.2, 0) is 14.8 Å². The molecule has 1 aliphatic rings. The van der Waals surface area contributed by atoms with Crippen molar-refractivity contribution in [2.75, 3.05) is 18.8 Å². The van der Waals surface area contributed by atoms with Crippen LogP contribution in [0.3, 0.4) is 0 Å². The fraction of sp³-hybridized carbons (Fsp3) is 0.750. The molecular weight excluding hydrogens is 218 g/mol. The Bertz CT molecular complexity index is 384. The number of carbonyl (C=O) groups excluding carboxylic acids is 1. The molecule has 84 valence electrons. The Hall–Kier alpha value is -1.13. The van der Waals surface area contributed by atoms with Crippen LogP contribution in [0, 0.1) is 11.3 Å². The molecule has 1 rings (SSSR count). The van der Waals surface area contributed by atoms with Gasteiger partial charge in [-0.15, -0.1) is 0 Å². The Balaban J connectivity index is 2.57. The van der Waals surface area contributed by atoms with Gasteiger partial charge in [-0.05, 0) is 6.42 Å². The van der Waals surface area contributed by atoms with Gasteiger partial charge in [0.25, 0.3) is 0 Å². The first kappa shape index (κ1) is 11.9. The van der Waals surface area contributed by atoms with Crippen LogP contribution >= 0.6 is 0 Å². The first-order valence-corrected chi connectivity index (χ1v) is 6.18. The number of nitriles is 1. The molecule has 1 amide bonds. The molecule has 1 saturated heterocycles. The largest absolute Gasteiger partial charge is 0.352 e. The summed E-state index contributed by atoms with van der Waals surface area (Å²) in [5.41, 5.74) is 0. The van der Waals surface area contributed by atoms with E-state index < -0.39 is 15.8 Å². The SMILES string of the molecule is CC(=O)NC1CCN(S(=O)(=O)CC#N)C1. The van der Waals surface area contributed by atoms with Gasteiger partial charge in [-0.2, -0.15) is 9.57 Å². The summed E-state index contributed by atoms with van der Waals surface area (Å²) in [4.78, 5) is 10.8. The van der Waals surface area contributed by atoms with Crippen molar-refractivity contribution in [3.05, 3.63) is 0 Å². The summed E-state index contributed by atoms with van der Waals surface area (Å²) in [5.74, 6) is -0.667. The Labute approximate surface area is 88.9 Å². The average molecular weight is 231 g/mol. The van der Waals surface area contributed by atoms with Gasteiger partial charge >= 0.3 is 0 Å². The highest BCUT2D eigenvalue weighted by Gasteiger charge is 2.31. The molecule has 1 N–H and O–H groups in total. The minimum Gasteiger partial charge on any atom is -0.352 e. The maximum absolute atomic E-state index is 11.5. The number of carbonyl (C=O) groups is 1. The molecule has 0 radical (unpaired) electrons. The minimum atomic E-state index is -3.46. The molecule has 1 atom stereocenters. The van der Waals surface area contributed by atoms with Gasteiger partial charge in [0, 0.05) is 26.1 Å².